The lowest BCUT2D eigenvalue weighted by molar-refractivity contribution is 0.350. The summed E-state index contributed by atoms with van der Waals surface area (Å²) in [5.41, 5.74) is 6.21. The molecule has 2 atom stereocenters. The van der Waals surface area contributed by atoms with E-state index in [0.717, 1.165) is 0 Å². The van der Waals surface area contributed by atoms with Crippen LogP contribution in [-0.4, -0.2) is 0 Å². The lowest BCUT2D eigenvalue weighted by Crippen LogP contribution is -2.22. The summed E-state index contributed by atoms with van der Waals surface area (Å²) in [6.07, 6.45) is 7.50. The summed E-state index contributed by atoms with van der Waals surface area (Å²) in [7, 11) is 0. The van der Waals surface area contributed by atoms with E-state index < -0.39 is 0 Å². The molecule has 0 spiro atoms. The van der Waals surface area contributed by atoms with Gasteiger partial charge in [0, 0.05) is 0 Å². The maximum atomic E-state index is 2.46. The van der Waals surface area contributed by atoms with Gasteiger partial charge in [-0.2, -0.15) is 0 Å². The van der Waals surface area contributed by atoms with Gasteiger partial charge in [-0.05, 0) is 94.2 Å². The predicted molar refractivity (Wildman–Crippen MR) is 119 cm³/mol. The molecule has 0 radical (unpaired) electrons. The van der Waals surface area contributed by atoms with E-state index in [1.165, 1.54) is 71.2 Å². The lowest BCUT2D eigenvalue weighted by Gasteiger charge is -2.39. The summed E-state index contributed by atoms with van der Waals surface area (Å²) in [6.45, 7) is 0. The molecule has 3 aliphatic carbocycles. The molecule has 4 aromatic carbocycles. The van der Waals surface area contributed by atoms with Gasteiger partial charge in [-0.15, -0.1) is 0 Å². The molecule has 28 heavy (non-hydrogen) atoms. The second-order valence-electron chi connectivity index (χ2n) is 8.72. The number of rotatable bonds is 0. The average molecular weight is 363 g/mol. The van der Waals surface area contributed by atoms with E-state index in [2.05, 4.69) is 72.8 Å². The molecule has 1 saturated carbocycles. The highest BCUT2D eigenvalue weighted by Gasteiger charge is 2.35. The maximum Gasteiger partial charge on any atom is -0.00865 e. The Balaban J connectivity index is 1.59. The van der Waals surface area contributed by atoms with Crippen LogP contribution in [0.4, 0.5) is 0 Å². The van der Waals surface area contributed by atoms with Gasteiger partial charge in [0.15, 0.2) is 0 Å². The predicted octanol–water partition coefficient (Wildman–Crippen LogP) is 7.53. The average Bonchev–Trinajstić information content (AvgIpc) is 2.72. The fourth-order valence-corrected chi connectivity index (χ4v) is 5.73. The number of hydrogen-bond donors (Lipinski definition) is 0. The van der Waals surface area contributed by atoms with E-state index >= 15 is 0 Å². The van der Waals surface area contributed by atoms with E-state index in [9.17, 15) is 0 Å². The first-order valence-corrected chi connectivity index (χ1v) is 10.9. The summed E-state index contributed by atoms with van der Waals surface area (Å²) in [5.74, 6) is 1.30. The Morgan fingerprint density at radius 2 is 0.893 bits per heavy atom. The molecule has 0 heteroatoms. The van der Waals surface area contributed by atoms with Crippen molar-refractivity contribution in [1.82, 2.24) is 0 Å². The third-order valence-corrected chi connectivity index (χ3v) is 7.31. The van der Waals surface area contributed by atoms with E-state index in [-0.39, 0.29) is 0 Å². The molecular weight excluding hydrogens is 336 g/mol. The Hall–Kier alpha value is -2.60. The van der Waals surface area contributed by atoms with Crippen LogP contribution in [0.1, 0.15) is 59.8 Å². The van der Waals surface area contributed by atoms with Crippen LogP contribution < -0.4 is 0 Å². The minimum Gasteiger partial charge on any atom is -0.0616 e. The van der Waals surface area contributed by atoms with Crippen LogP contribution in [0.15, 0.2) is 72.8 Å². The van der Waals surface area contributed by atoms with Crippen LogP contribution in [0.3, 0.4) is 0 Å². The third kappa shape index (κ3) is 2.44. The lowest BCUT2D eigenvalue weighted by atomic mass is 9.65. The molecule has 4 aromatic rings. The largest absolute Gasteiger partial charge is 0.0616 e. The van der Waals surface area contributed by atoms with Gasteiger partial charge >= 0.3 is 0 Å². The van der Waals surface area contributed by atoms with Crippen LogP contribution in [0, 0.1) is 0 Å². The molecule has 0 amide bonds. The molecule has 0 nitrogen and oxygen atoms in total. The summed E-state index contributed by atoms with van der Waals surface area (Å²) in [5, 5.41) is 5.96. The fourth-order valence-electron chi connectivity index (χ4n) is 5.73. The minimum absolute atomic E-state index is 0.649. The smallest absolute Gasteiger partial charge is 0.00865 e. The molecule has 0 N–H and O–H groups in total. The Morgan fingerprint density at radius 3 is 1.32 bits per heavy atom. The van der Waals surface area contributed by atoms with Gasteiger partial charge in [-0.1, -0.05) is 72.8 Å². The van der Waals surface area contributed by atoms with Gasteiger partial charge in [0.1, 0.15) is 0 Å². The van der Waals surface area contributed by atoms with Crippen molar-refractivity contribution in [3.05, 3.63) is 95.1 Å². The highest BCUT2D eigenvalue weighted by molar-refractivity contribution is 5.91. The zero-order valence-corrected chi connectivity index (χ0v) is 16.3. The molecule has 0 aromatic heterocycles. The molecule has 3 aliphatic rings. The Labute approximate surface area is 167 Å². The first-order valence-electron chi connectivity index (χ1n) is 10.9. The summed E-state index contributed by atoms with van der Waals surface area (Å²) >= 11 is 0. The van der Waals surface area contributed by atoms with Crippen LogP contribution in [0.25, 0.3) is 21.5 Å². The van der Waals surface area contributed by atoms with Gasteiger partial charge in [0.05, 0.1) is 0 Å². The van der Waals surface area contributed by atoms with Crippen LogP contribution in [0.2, 0.25) is 0 Å². The summed E-state index contributed by atoms with van der Waals surface area (Å²) < 4.78 is 0. The van der Waals surface area contributed by atoms with Crippen molar-refractivity contribution < 1.29 is 0 Å². The van der Waals surface area contributed by atoms with Crippen molar-refractivity contribution >= 4 is 21.5 Å². The number of aryl methyl sites for hydroxylation is 2. The number of fused-ring (bicyclic) bond motifs is 5. The Kier molecular flexibility index (Phi) is 3.79. The minimum atomic E-state index is 0.649. The zero-order valence-electron chi connectivity index (χ0n) is 16.3. The second kappa shape index (κ2) is 6.48. The van der Waals surface area contributed by atoms with Crippen molar-refractivity contribution in [1.29, 1.82) is 0 Å². The normalized spacial score (nSPS) is 21.4. The van der Waals surface area contributed by atoms with Crippen molar-refractivity contribution in [2.75, 3.05) is 0 Å². The SMILES string of the molecule is c1ccc2c3ccc(c2c1)CCCCc1ccc(c2ccccc12)[C@@H]1CC[C@H]31. The summed E-state index contributed by atoms with van der Waals surface area (Å²) in [6, 6.07) is 28.0. The molecule has 0 saturated heterocycles. The molecule has 0 unspecified atom stereocenters. The highest BCUT2D eigenvalue weighted by Crippen LogP contribution is 2.52. The van der Waals surface area contributed by atoms with Gasteiger partial charge in [0.2, 0.25) is 0 Å². The van der Waals surface area contributed by atoms with Gasteiger partial charge in [-0.3, -0.25) is 0 Å². The fraction of sp³-hybridized carbons (Fsp3) is 0.286. The standard InChI is InChI=1S/C28H26/c1-2-8-20-14-16-26(24-12-6-4-10-22(20)24)28-18-17-27(28)25-15-13-19(7-1)21-9-3-5-11-23(21)25/h3-6,9-16,27-28H,1-2,7-8,17-18H2/t27-,28+. The second-order valence-corrected chi connectivity index (χ2v) is 8.72. The topological polar surface area (TPSA) is 0 Å². The molecular formula is C28H26. The third-order valence-electron chi connectivity index (χ3n) is 7.31. The van der Waals surface area contributed by atoms with Crippen molar-refractivity contribution in [3.63, 3.8) is 0 Å². The molecule has 7 rings (SSSR count). The van der Waals surface area contributed by atoms with Crippen LogP contribution in [0.5, 0.6) is 0 Å². The Morgan fingerprint density at radius 1 is 0.464 bits per heavy atom. The van der Waals surface area contributed by atoms with Crippen LogP contribution >= 0.6 is 0 Å². The molecule has 0 heterocycles. The van der Waals surface area contributed by atoms with Crippen molar-refractivity contribution in [2.24, 2.45) is 0 Å². The van der Waals surface area contributed by atoms with E-state index in [1.54, 1.807) is 11.1 Å². The van der Waals surface area contributed by atoms with Gasteiger partial charge in [-0.25, -0.2) is 0 Å². The van der Waals surface area contributed by atoms with E-state index in [4.69, 9.17) is 0 Å². The van der Waals surface area contributed by atoms with Crippen molar-refractivity contribution in [2.45, 2.75) is 50.4 Å². The summed E-state index contributed by atoms with van der Waals surface area (Å²) in [4.78, 5) is 0. The highest BCUT2D eigenvalue weighted by atomic mass is 14.4. The van der Waals surface area contributed by atoms with Gasteiger partial charge < -0.3 is 0 Å². The molecule has 1 fully saturated rings. The molecule has 0 aliphatic heterocycles. The Bertz CT molecular complexity index is 1090. The maximum absolute atomic E-state index is 2.46. The zero-order chi connectivity index (χ0) is 18.5. The monoisotopic (exact) mass is 362 g/mol. The first-order chi connectivity index (χ1) is 13.9. The van der Waals surface area contributed by atoms with E-state index in [1.807, 2.05) is 0 Å². The quantitative estimate of drug-likeness (QED) is 0.303. The van der Waals surface area contributed by atoms with Crippen LogP contribution in [-0.2, 0) is 12.8 Å². The molecule has 4 bridgehead atoms. The first kappa shape index (κ1) is 16.4. The number of benzene rings is 4. The van der Waals surface area contributed by atoms with Gasteiger partial charge in [0.25, 0.3) is 0 Å². The number of hydrogen-bond acceptors (Lipinski definition) is 0. The van der Waals surface area contributed by atoms with Crippen molar-refractivity contribution in [3.8, 4) is 0 Å². The van der Waals surface area contributed by atoms with E-state index in [0.29, 0.717) is 11.8 Å². The molecule has 138 valence electrons.